The maximum Gasteiger partial charge on any atom is 0.117 e. The fourth-order valence-corrected chi connectivity index (χ4v) is 2.34. The highest BCUT2D eigenvalue weighted by atomic mass is 79.9. The summed E-state index contributed by atoms with van der Waals surface area (Å²) >= 11 is 3.46. The quantitative estimate of drug-likeness (QED) is 0.403. The van der Waals surface area contributed by atoms with Crippen molar-refractivity contribution in [3.8, 4) is 6.07 Å². The Kier molecular flexibility index (Phi) is 7.75. The zero-order valence-electron chi connectivity index (χ0n) is 12.1. The average molecular weight is 333 g/mol. The molecule has 106 valence electrons. The molecule has 1 aromatic carbocycles. The Balaban J connectivity index is 2.92. The second kappa shape index (κ2) is 9.39. The summed E-state index contributed by atoms with van der Waals surface area (Å²) in [6.45, 7) is 2.02. The van der Waals surface area contributed by atoms with Crippen LogP contribution in [0.25, 0.3) is 0 Å². The molecule has 0 aromatic heterocycles. The molecule has 2 nitrogen and oxygen atoms in total. The molecule has 0 saturated carbocycles. The second-order valence-electron chi connectivity index (χ2n) is 4.58. The van der Waals surface area contributed by atoms with Crippen molar-refractivity contribution >= 4 is 21.6 Å². The molecule has 0 radical (unpaired) electrons. The van der Waals surface area contributed by atoms with Gasteiger partial charge in [0.1, 0.15) is 11.8 Å². The van der Waals surface area contributed by atoms with Gasteiger partial charge in [0.05, 0.1) is 0 Å². The van der Waals surface area contributed by atoms with Crippen LogP contribution in [0, 0.1) is 17.2 Å². The molecule has 20 heavy (non-hydrogen) atoms. The molecular formula is C17H21BrN2. The maximum absolute atomic E-state index is 9.41. The van der Waals surface area contributed by atoms with E-state index in [0.29, 0.717) is 11.6 Å². The van der Waals surface area contributed by atoms with Crippen LogP contribution in [0.15, 0.2) is 54.3 Å². The summed E-state index contributed by atoms with van der Waals surface area (Å²) in [4.78, 5) is 1.94. The Morgan fingerprint density at radius 2 is 2.10 bits per heavy atom. The summed E-state index contributed by atoms with van der Waals surface area (Å²) in [7, 11) is 1.93. The minimum atomic E-state index is 0.304. The molecule has 0 spiro atoms. The standard InChI is InChI=1S/C17H21BrN2/c1-3-8-15(9-7-12-18)13-17(14-19)20(2)16-10-5-4-6-11-16/h3-6,8,10-11,13,15H,7,9,12H2,1-2H3/b8-3-,17-13+. The molecule has 0 fully saturated rings. The number of rotatable bonds is 7. The first kappa shape index (κ1) is 16.5. The van der Waals surface area contributed by atoms with Crippen LogP contribution in [0.5, 0.6) is 0 Å². The summed E-state index contributed by atoms with van der Waals surface area (Å²) in [6, 6.07) is 12.3. The third kappa shape index (κ3) is 5.22. The molecule has 0 aliphatic carbocycles. The minimum Gasteiger partial charge on any atom is -0.336 e. The van der Waals surface area contributed by atoms with Crippen LogP contribution in [-0.2, 0) is 0 Å². The van der Waals surface area contributed by atoms with Crippen molar-refractivity contribution in [3.05, 3.63) is 54.3 Å². The van der Waals surface area contributed by atoms with Gasteiger partial charge < -0.3 is 4.90 Å². The van der Waals surface area contributed by atoms with E-state index in [4.69, 9.17) is 0 Å². The van der Waals surface area contributed by atoms with Gasteiger partial charge in [-0.2, -0.15) is 5.26 Å². The van der Waals surface area contributed by atoms with Crippen LogP contribution in [0.2, 0.25) is 0 Å². The number of nitrogens with zero attached hydrogens (tertiary/aromatic N) is 2. The van der Waals surface area contributed by atoms with E-state index >= 15 is 0 Å². The Labute approximate surface area is 130 Å². The van der Waals surface area contributed by atoms with Crippen molar-refractivity contribution in [1.82, 2.24) is 0 Å². The van der Waals surface area contributed by atoms with Crippen molar-refractivity contribution < 1.29 is 0 Å². The number of halogens is 1. The normalized spacial score (nSPS) is 13.2. The van der Waals surface area contributed by atoms with Gasteiger partial charge in [-0.3, -0.25) is 0 Å². The predicted molar refractivity (Wildman–Crippen MR) is 89.9 cm³/mol. The van der Waals surface area contributed by atoms with Crippen LogP contribution >= 0.6 is 15.9 Å². The molecule has 3 heteroatoms. The van der Waals surface area contributed by atoms with Crippen LogP contribution in [-0.4, -0.2) is 12.4 Å². The lowest BCUT2D eigenvalue weighted by atomic mass is 10.0. The molecule has 1 rings (SSSR count). The number of para-hydroxylation sites is 1. The summed E-state index contributed by atoms with van der Waals surface area (Å²) in [6.07, 6.45) is 8.39. The summed E-state index contributed by atoms with van der Waals surface area (Å²) in [5.41, 5.74) is 1.72. The topological polar surface area (TPSA) is 27.0 Å². The Hall–Kier alpha value is -1.53. The van der Waals surface area contributed by atoms with Crippen LogP contribution in [0.1, 0.15) is 19.8 Å². The molecule has 0 bridgehead atoms. The highest BCUT2D eigenvalue weighted by Crippen LogP contribution is 2.20. The predicted octanol–water partition coefficient (Wildman–Crippen LogP) is 4.90. The lowest BCUT2D eigenvalue weighted by molar-refractivity contribution is 0.692. The zero-order valence-corrected chi connectivity index (χ0v) is 13.7. The third-order valence-electron chi connectivity index (χ3n) is 3.10. The van der Waals surface area contributed by atoms with E-state index in [0.717, 1.165) is 23.9 Å². The van der Waals surface area contributed by atoms with E-state index in [1.54, 1.807) is 0 Å². The number of anilines is 1. The van der Waals surface area contributed by atoms with E-state index in [9.17, 15) is 5.26 Å². The fraction of sp³-hybridized carbons (Fsp3) is 0.353. The van der Waals surface area contributed by atoms with Crippen LogP contribution < -0.4 is 4.90 Å². The molecule has 0 heterocycles. The molecule has 0 amide bonds. The first-order chi connectivity index (χ1) is 9.72. The first-order valence-corrected chi connectivity index (χ1v) is 7.94. The van der Waals surface area contributed by atoms with Crippen LogP contribution in [0.3, 0.4) is 0 Å². The molecule has 0 saturated heterocycles. The van der Waals surface area contributed by atoms with Crippen molar-refractivity contribution in [1.29, 1.82) is 5.26 Å². The first-order valence-electron chi connectivity index (χ1n) is 6.82. The van der Waals surface area contributed by atoms with Crippen molar-refractivity contribution in [3.63, 3.8) is 0 Å². The summed E-state index contributed by atoms with van der Waals surface area (Å²) < 4.78 is 0. The van der Waals surface area contributed by atoms with Crippen molar-refractivity contribution in [2.75, 3.05) is 17.3 Å². The molecule has 0 N–H and O–H groups in total. The number of hydrogen-bond donors (Lipinski definition) is 0. The monoisotopic (exact) mass is 332 g/mol. The highest BCUT2D eigenvalue weighted by Gasteiger charge is 2.09. The average Bonchev–Trinajstić information content (AvgIpc) is 2.50. The largest absolute Gasteiger partial charge is 0.336 e. The fourth-order valence-electron chi connectivity index (χ4n) is 2.01. The van der Waals surface area contributed by atoms with Gasteiger partial charge in [0.15, 0.2) is 0 Å². The summed E-state index contributed by atoms with van der Waals surface area (Å²) in [5.74, 6) is 0.304. The van der Waals surface area contributed by atoms with Gasteiger partial charge in [-0.05, 0) is 43.9 Å². The summed E-state index contributed by atoms with van der Waals surface area (Å²) in [5, 5.41) is 10.4. The van der Waals surface area contributed by atoms with Gasteiger partial charge in [-0.25, -0.2) is 0 Å². The smallest absolute Gasteiger partial charge is 0.117 e. The molecule has 1 unspecified atom stereocenters. The minimum absolute atomic E-state index is 0.304. The number of benzene rings is 1. The Morgan fingerprint density at radius 1 is 1.40 bits per heavy atom. The number of alkyl halides is 1. The van der Waals surface area contributed by atoms with Gasteiger partial charge in [0.2, 0.25) is 0 Å². The van der Waals surface area contributed by atoms with E-state index in [1.165, 1.54) is 0 Å². The van der Waals surface area contributed by atoms with Gasteiger partial charge in [-0.1, -0.05) is 46.3 Å². The van der Waals surface area contributed by atoms with E-state index < -0.39 is 0 Å². The lowest BCUT2D eigenvalue weighted by Crippen LogP contribution is -2.16. The zero-order chi connectivity index (χ0) is 14.8. The lowest BCUT2D eigenvalue weighted by Gasteiger charge is -2.19. The van der Waals surface area contributed by atoms with E-state index in [2.05, 4.69) is 34.2 Å². The van der Waals surface area contributed by atoms with Crippen molar-refractivity contribution in [2.45, 2.75) is 19.8 Å². The van der Waals surface area contributed by atoms with Gasteiger partial charge in [-0.15, -0.1) is 0 Å². The number of allylic oxidation sites excluding steroid dienone is 4. The molecule has 1 aromatic rings. The van der Waals surface area contributed by atoms with Gasteiger partial charge in [0, 0.05) is 18.1 Å². The maximum atomic E-state index is 9.41. The van der Waals surface area contributed by atoms with Gasteiger partial charge in [0.25, 0.3) is 0 Å². The number of hydrogen-bond acceptors (Lipinski definition) is 2. The molecule has 0 aliphatic heterocycles. The third-order valence-corrected chi connectivity index (χ3v) is 3.66. The Bertz CT molecular complexity index is 485. The van der Waals surface area contributed by atoms with E-state index in [-0.39, 0.29) is 0 Å². The SMILES string of the molecule is C/C=C\C(/C=C(\C#N)N(C)c1ccccc1)CCCBr. The van der Waals surface area contributed by atoms with Crippen molar-refractivity contribution in [2.24, 2.45) is 5.92 Å². The van der Waals surface area contributed by atoms with E-state index in [1.807, 2.05) is 55.3 Å². The molecule has 1 atom stereocenters. The molecule has 0 aliphatic rings. The molecular weight excluding hydrogens is 312 g/mol. The highest BCUT2D eigenvalue weighted by molar-refractivity contribution is 9.09. The number of nitriles is 1. The Morgan fingerprint density at radius 3 is 2.65 bits per heavy atom. The van der Waals surface area contributed by atoms with Gasteiger partial charge >= 0.3 is 0 Å². The second-order valence-corrected chi connectivity index (χ2v) is 5.37. The van der Waals surface area contributed by atoms with Crippen LogP contribution in [0.4, 0.5) is 5.69 Å².